The largest absolute Gasteiger partial charge is 0.465 e. The molecule has 116 valence electrons. The van der Waals surface area contributed by atoms with Crippen LogP contribution in [0.2, 0.25) is 20.1 Å². The fourth-order valence-corrected chi connectivity index (χ4v) is 3.19. The minimum absolute atomic E-state index is 0.0767. The summed E-state index contributed by atoms with van der Waals surface area (Å²) in [6, 6.07) is 2.78. The zero-order chi connectivity index (χ0) is 16.6. The number of carbonyl (C=O) groups excluding carboxylic acids is 2. The summed E-state index contributed by atoms with van der Waals surface area (Å²) in [5.41, 5.74) is -0.240. The van der Waals surface area contributed by atoms with E-state index < -0.39 is 11.9 Å². The molecule has 0 spiro atoms. The predicted octanol–water partition coefficient (Wildman–Crippen LogP) is 5.03. The van der Waals surface area contributed by atoms with Gasteiger partial charge in [0.2, 0.25) is 0 Å². The summed E-state index contributed by atoms with van der Waals surface area (Å²) in [5, 5.41) is 1.06. The van der Waals surface area contributed by atoms with Crippen LogP contribution in [0.4, 0.5) is 0 Å². The summed E-state index contributed by atoms with van der Waals surface area (Å²) in [7, 11) is 2.34. The zero-order valence-corrected chi connectivity index (χ0v) is 14.3. The summed E-state index contributed by atoms with van der Waals surface area (Å²) < 4.78 is 9.32. The van der Waals surface area contributed by atoms with E-state index in [1.54, 1.807) is 0 Å². The fourth-order valence-electron chi connectivity index (χ4n) is 2.00. The number of methoxy groups -OCH3 is 2. The molecular formula is C14H8Cl4O4. The molecule has 0 radical (unpaired) electrons. The third kappa shape index (κ3) is 2.72. The first kappa shape index (κ1) is 17.2. The second-order valence-electron chi connectivity index (χ2n) is 4.17. The van der Waals surface area contributed by atoms with Crippen LogP contribution in [0.25, 0.3) is 10.8 Å². The topological polar surface area (TPSA) is 52.6 Å². The molecule has 0 unspecified atom stereocenters. The van der Waals surface area contributed by atoms with E-state index in [-0.39, 0.29) is 36.6 Å². The van der Waals surface area contributed by atoms with Gasteiger partial charge in [0.25, 0.3) is 0 Å². The van der Waals surface area contributed by atoms with Crippen LogP contribution < -0.4 is 0 Å². The van der Waals surface area contributed by atoms with Crippen molar-refractivity contribution >= 4 is 69.1 Å². The zero-order valence-electron chi connectivity index (χ0n) is 11.3. The summed E-state index contributed by atoms with van der Waals surface area (Å²) in [4.78, 5) is 23.9. The van der Waals surface area contributed by atoms with E-state index in [2.05, 4.69) is 9.47 Å². The quantitative estimate of drug-likeness (QED) is 0.540. The van der Waals surface area contributed by atoms with E-state index in [0.29, 0.717) is 5.39 Å². The van der Waals surface area contributed by atoms with Crippen molar-refractivity contribution in [3.8, 4) is 0 Å². The van der Waals surface area contributed by atoms with E-state index >= 15 is 0 Å². The molecule has 0 amide bonds. The smallest absolute Gasteiger partial charge is 0.340 e. The Morgan fingerprint density at radius 3 is 2.00 bits per heavy atom. The molecule has 2 aromatic carbocycles. The highest BCUT2D eigenvalue weighted by atomic mass is 35.5. The van der Waals surface area contributed by atoms with Crippen LogP contribution in [0, 0.1) is 0 Å². The van der Waals surface area contributed by atoms with Crippen LogP contribution in [0.15, 0.2) is 12.1 Å². The Bertz CT molecular complexity index is 802. The number of carbonyl (C=O) groups is 2. The van der Waals surface area contributed by atoms with E-state index in [1.807, 2.05) is 0 Å². The van der Waals surface area contributed by atoms with Crippen LogP contribution in [-0.2, 0) is 9.47 Å². The molecule has 0 saturated carbocycles. The normalized spacial score (nSPS) is 10.6. The Hall–Kier alpha value is -1.20. The highest BCUT2D eigenvalue weighted by Gasteiger charge is 2.26. The van der Waals surface area contributed by atoms with Gasteiger partial charge in [-0.05, 0) is 12.1 Å². The number of esters is 2. The molecule has 0 aliphatic carbocycles. The lowest BCUT2D eigenvalue weighted by atomic mass is 10.00. The standard InChI is InChI=1S/C14H8Cl4O4/c1-21-13(19)6-3-5-7(15)4-8(16)11(17)9(5)12(18)10(6)14(20)22-2/h3-4H,1-2H3. The highest BCUT2D eigenvalue weighted by molar-refractivity contribution is 6.51. The molecule has 0 aromatic heterocycles. The molecule has 0 aliphatic heterocycles. The molecule has 0 N–H and O–H groups in total. The third-order valence-electron chi connectivity index (χ3n) is 3.00. The van der Waals surface area contributed by atoms with Gasteiger partial charge in [0, 0.05) is 10.8 Å². The molecule has 0 bridgehead atoms. The van der Waals surface area contributed by atoms with Crippen LogP contribution in [-0.4, -0.2) is 26.2 Å². The molecular weight excluding hydrogens is 374 g/mol. The maximum absolute atomic E-state index is 12.0. The molecule has 22 heavy (non-hydrogen) atoms. The summed E-state index contributed by atoms with van der Waals surface area (Å²) in [6.07, 6.45) is 0. The molecule has 0 heterocycles. The minimum atomic E-state index is -0.806. The molecule has 8 heteroatoms. The second-order valence-corrected chi connectivity index (χ2v) is 5.74. The lowest BCUT2D eigenvalue weighted by Gasteiger charge is -2.14. The van der Waals surface area contributed by atoms with Gasteiger partial charge in [-0.1, -0.05) is 46.4 Å². The maximum Gasteiger partial charge on any atom is 0.340 e. The number of ether oxygens (including phenoxy) is 2. The average molecular weight is 382 g/mol. The van der Waals surface area contributed by atoms with Gasteiger partial charge >= 0.3 is 11.9 Å². The van der Waals surface area contributed by atoms with Gasteiger partial charge in [-0.25, -0.2) is 9.59 Å². The van der Waals surface area contributed by atoms with E-state index in [1.165, 1.54) is 19.2 Å². The Kier molecular flexibility index (Phi) is 5.07. The van der Waals surface area contributed by atoms with Crippen molar-refractivity contribution in [3.05, 3.63) is 43.4 Å². The molecule has 4 nitrogen and oxygen atoms in total. The number of hydrogen-bond donors (Lipinski definition) is 0. The Morgan fingerprint density at radius 1 is 0.864 bits per heavy atom. The summed E-state index contributed by atoms with van der Waals surface area (Å²) >= 11 is 24.5. The number of rotatable bonds is 2. The van der Waals surface area contributed by atoms with Gasteiger partial charge in [-0.3, -0.25) is 0 Å². The predicted molar refractivity (Wildman–Crippen MR) is 86.7 cm³/mol. The molecule has 0 aliphatic rings. The van der Waals surface area contributed by atoms with Crippen LogP contribution in [0.3, 0.4) is 0 Å². The van der Waals surface area contributed by atoms with Crippen molar-refractivity contribution in [1.29, 1.82) is 0 Å². The monoisotopic (exact) mass is 380 g/mol. The van der Waals surface area contributed by atoms with Gasteiger partial charge in [-0.15, -0.1) is 0 Å². The average Bonchev–Trinajstić information content (AvgIpc) is 2.50. The summed E-state index contributed by atoms with van der Waals surface area (Å²) in [6.45, 7) is 0. The van der Waals surface area contributed by atoms with Crippen LogP contribution >= 0.6 is 46.4 Å². The van der Waals surface area contributed by atoms with Crippen molar-refractivity contribution < 1.29 is 19.1 Å². The Labute approximate surface area is 145 Å². The van der Waals surface area contributed by atoms with E-state index in [0.717, 1.165) is 7.11 Å². The van der Waals surface area contributed by atoms with Crippen molar-refractivity contribution in [2.45, 2.75) is 0 Å². The van der Waals surface area contributed by atoms with Gasteiger partial charge in [0.15, 0.2) is 0 Å². The number of hydrogen-bond acceptors (Lipinski definition) is 4. The lowest BCUT2D eigenvalue weighted by Crippen LogP contribution is -2.13. The Morgan fingerprint density at radius 2 is 1.45 bits per heavy atom. The SMILES string of the molecule is COC(=O)c1cc2c(Cl)cc(Cl)c(Cl)c2c(Cl)c1C(=O)OC. The summed E-state index contributed by atoms with van der Waals surface area (Å²) in [5.74, 6) is -1.56. The lowest BCUT2D eigenvalue weighted by molar-refractivity contribution is 0.0555. The number of halogens is 4. The Balaban J connectivity index is 3.02. The van der Waals surface area contributed by atoms with Crippen LogP contribution in [0.5, 0.6) is 0 Å². The van der Waals surface area contributed by atoms with Crippen molar-refractivity contribution in [2.75, 3.05) is 14.2 Å². The molecule has 2 rings (SSSR count). The van der Waals surface area contributed by atoms with Gasteiger partial charge in [0.1, 0.15) is 0 Å². The van der Waals surface area contributed by atoms with Gasteiger partial charge in [0.05, 0.1) is 45.4 Å². The van der Waals surface area contributed by atoms with E-state index in [9.17, 15) is 9.59 Å². The first-order valence-corrected chi connectivity index (χ1v) is 7.31. The molecule has 0 saturated heterocycles. The maximum atomic E-state index is 12.0. The van der Waals surface area contributed by atoms with Crippen molar-refractivity contribution in [3.63, 3.8) is 0 Å². The second kappa shape index (κ2) is 6.50. The molecule has 0 fully saturated rings. The van der Waals surface area contributed by atoms with Crippen molar-refractivity contribution in [1.82, 2.24) is 0 Å². The van der Waals surface area contributed by atoms with E-state index in [4.69, 9.17) is 46.4 Å². The fraction of sp³-hybridized carbons (Fsp3) is 0.143. The number of benzene rings is 2. The highest BCUT2D eigenvalue weighted by Crippen LogP contribution is 2.42. The molecule has 2 aromatic rings. The van der Waals surface area contributed by atoms with Gasteiger partial charge < -0.3 is 9.47 Å². The van der Waals surface area contributed by atoms with Gasteiger partial charge in [-0.2, -0.15) is 0 Å². The number of fused-ring (bicyclic) bond motifs is 1. The van der Waals surface area contributed by atoms with Crippen molar-refractivity contribution in [2.24, 2.45) is 0 Å². The minimum Gasteiger partial charge on any atom is -0.465 e. The van der Waals surface area contributed by atoms with Crippen LogP contribution in [0.1, 0.15) is 20.7 Å². The first-order valence-electron chi connectivity index (χ1n) is 5.79. The third-order valence-corrected chi connectivity index (χ3v) is 4.48. The first-order chi connectivity index (χ1) is 10.3. The molecule has 0 atom stereocenters.